The first-order valence-electron chi connectivity index (χ1n) is 5.62. The molecule has 1 atom stereocenters. The molecule has 0 aromatic heterocycles. The molecule has 0 bridgehead atoms. The van der Waals surface area contributed by atoms with Crippen LogP contribution in [-0.2, 0) is 9.59 Å². The standard InChI is InChI=1S/C12H14BrFN2O3/c1-7(17)4-5-15-11(18)12(19)16-10-6-8(13)2-3-9(10)14/h2-3,6-7,17H,4-5H2,1H3,(H,15,18)(H,16,19). The fourth-order valence-corrected chi connectivity index (χ4v) is 1.61. The lowest BCUT2D eigenvalue weighted by Crippen LogP contribution is -2.36. The van der Waals surface area contributed by atoms with Crippen LogP contribution in [0.15, 0.2) is 22.7 Å². The molecular weight excluding hydrogens is 319 g/mol. The smallest absolute Gasteiger partial charge is 0.313 e. The fourth-order valence-electron chi connectivity index (χ4n) is 1.25. The molecule has 104 valence electrons. The highest BCUT2D eigenvalue weighted by molar-refractivity contribution is 9.10. The summed E-state index contributed by atoms with van der Waals surface area (Å²) in [6.45, 7) is 1.74. The minimum Gasteiger partial charge on any atom is -0.393 e. The van der Waals surface area contributed by atoms with E-state index in [9.17, 15) is 14.0 Å². The molecule has 19 heavy (non-hydrogen) atoms. The Morgan fingerprint density at radius 1 is 1.42 bits per heavy atom. The van der Waals surface area contributed by atoms with E-state index in [0.717, 1.165) is 0 Å². The molecule has 0 aliphatic rings. The summed E-state index contributed by atoms with van der Waals surface area (Å²) >= 11 is 3.13. The Hall–Kier alpha value is -1.47. The number of aliphatic hydroxyl groups excluding tert-OH is 1. The van der Waals surface area contributed by atoms with E-state index < -0.39 is 23.7 Å². The van der Waals surface area contributed by atoms with Gasteiger partial charge in [-0.15, -0.1) is 0 Å². The number of nitrogens with one attached hydrogen (secondary N) is 2. The number of halogens is 2. The molecule has 0 aliphatic heterocycles. The van der Waals surface area contributed by atoms with Gasteiger partial charge >= 0.3 is 11.8 Å². The van der Waals surface area contributed by atoms with Crippen molar-refractivity contribution in [3.63, 3.8) is 0 Å². The van der Waals surface area contributed by atoms with E-state index in [1.165, 1.54) is 18.2 Å². The normalized spacial score (nSPS) is 11.8. The lowest BCUT2D eigenvalue weighted by atomic mass is 10.3. The number of anilines is 1. The molecule has 1 aromatic rings. The number of carbonyl (C=O) groups is 2. The number of carbonyl (C=O) groups excluding carboxylic acids is 2. The van der Waals surface area contributed by atoms with Crippen molar-refractivity contribution in [3.05, 3.63) is 28.5 Å². The maximum Gasteiger partial charge on any atom is 0.313 e. The highest BCUT2D eigenvalue weighted by Gasteiger charge is 2.15. The summed E-state index contributed by atoms with van der Waals surface area (Å²) < 4.78 is 13.9. The topological polar surface area (TPSA) is 78.4 Å². The van der Waals surface area contributed by atoms with Gasteiger partial charge in [-0.25, -0.2) is 4.39 Å². The second-order valence-electron chi connectivity index (χ2n) is 3.97. The Bertz CT molecular complexity index is 480. The molecule has 0 aliphatic carbocycles. The van der Waals surface area contributed by atoms with Gasteiger partial charge in [-0.1, -0.05) is 15.9 Å². The summed E-state index contributed by atoms with van der Waals surface area (Å²) in [5.41, 5.74) is -0.0787. The third-order valence-electron chi connectivity index (χ3n) is 2.23. The number of rotatable bonds is 4. The van der Waals surface area contributed by atoms with Gasteiger partial charge in [-0.05, 0) is 31.5 Å². The van der Waals surface area contributed by atoms with Crippen molar-refractivity contribution < 1.29 is 19.1 Å². The van der Waals surface area contributed by atoms with Crippen LogP contribution in [0.5, 0.6) is 0 Å². The average Bonchev–Trinajstić information content (AvgIpc) is 2.33. The molecule has 2 amide bonds. The van der Waals surface area contributed by atoms with Crippen LogP contribution in [0.1, 0.15) is 13.3 Å². The zero-order valence-corrected chi connectivity index (χ0v) is 11.8. The maximum atomic E-state index is 13.4. The molecule has 3 N–H and O–H groups in total. The third kappa shape index (κ3) is 5.35. The van der Waals surface area contributed by atoms with Crippen LogP contribution < -0.4 is 10.6 Å². The van der Waals surface area contributed by atoms with E-state index in [4.69, 9.17) is 5.11 Å². The fraction of sp³-hybridized carbons (Fsp3) is 0.333. The first-order chi connectivity index (χ1) is 8.90. The van der Waals surface area contributed by atoms with Crippen LogP contribution in [0.2, 0.25) is 0 Å². The molecule has 1 unspecified atom stereocenters. The molecule has 7 heteroatoms. The van der Waals surface area contributed by atoms with Gasteiger partial charge in [0.15, 0.2) is 0 Å². The van der Waals surface area contributed by atoms with Crippen molar-refractivity contribution in [1.29, 1.82) is 0 Å². The number of aliphatic hydroxyl groups is 1. The number of amides is 2. The molecule has 0 heterocycles. The Morgan fingerprint density at radius 3 is 2.74 bits per heavy atom. The quantitative estimate of drug-likeness (QED) is 0.729. The second kappa shape index (κ2) is 7.20. The van der Waals surface area contributed by atoms with Crippen molar-refractivity contribution in [1.82, 2.24) is 5.32 Å². The van der Waals surface area contributed by atoms with Gasteiger partial charge in [-0.3, -0.25) is 9.59 Å². The van der Waals surface area contributed by atoms with Crippen molar-refractivity contribution in [2.24, 2.45) is 0 Å². The first kappa shape index (κ1) is 15.6. The van der Waals surface area contributed by atoms with E-state index in [1.807, 2.05) is 0 Å². The molecule has 0 saturated heterocycles. The predicted octanol–water partition coefficient (Wildman–Crippen LogP) is 1.41. The van der Waals surface area contributed by atoms with Crippen LogP contribution in [0.3, 0.4) is 0 Å². The van der Waals surface area contributed by atoms with Gasteiger partial charge in [0, 0.05) is 11.0 Å². The maximum absolute atomic E-state index is 13.4. The molecule has 0 radical (unpaired) electrons. The Labute approximate surface area is 118 Å². The van der Waals surface area contributed by atoms with E-state index in [1.54, 1.807) is 6.92 Å². The van der Waals surface area contributed by atoms with Crippen LogP contribution in [0, 0.1) is 5.82 Å². The molecule has 0 saturated carbocycles. The molecule has 1 rings (SSSR count). The van der Waals surface area contributed by atoms with Crippen LogP contribution >= 0.6 is 15.9 Å². The second-order valence-corrected chi connectivity index (χ2v) is 4.89. The summed E-state index contributed by atoms with van der Waals surface area (Å²) in [5, 5.41) is 13.5. The van der Waals surface area contributed by atoms with Crippen molar-refractivity contribution in [2.75, 3.05) is 11.9 Å². The number of benzene rings is 1. The predicted molar refractivity (Wildman–Crippen MR) is 72.0 cm³/mol. The monoisotopic (exact) mass is 332 g/mol. The summed E-state index contributed by atoms with van der Waals surface area (Å²) in [5.74, 6) is -2.46. The summed E-state index contributed by atoms with van der Waals surface area (Å²) in [4.78, 5) is 22.9. The Morgan fingerprint density at radius 2 is 2.11 bits per heavy atom. The zero-order chi connectivity index (χ0) is 14.4. The Balaban J connectivity index is 2.54. The molecule has 0 fully saturated rings. The molecule has 5 nitrogen and oxygen atoms in total. The number of hydrogen-bond donors (Lipinski definition) is 3. The molecular formula is C12H14BrFN2O3. The van der Waals surface area contributed by atoms with Crippen molar-refractivity contribution in [3.8, 4) is 0 Å². The largest absolute Gasteiger partial charge is 0.393 e. The lowest BCUT2D eigenvalue weighted by molar-refractivity contribution is -0.136. The SMILES string of the molecule is CC(O)CCNC(=O)C(=O)Nc1cc(Br)ccc1F. The molecule has 0 spiro atoms. The highest BCUT2D eigenvalue weighted by Crippen LogP contribution is 2.19. The van der Waals surface area contributed by atoms with Gasteiger partial charge < -0.3 is 15.7 Å². The van der Waals surface area contributed by atoms with Crippen molar-refractivity contribution >= 4 is 33.4 Å². The van der Waals surface area contributed by atoms with Gasteiger partial charge in [0.05, 0.1) is 11.8 Å². The van der Waals surface area contributed by atoms with Gasteiger partial charge in [-0.2, -0.15) is 0 Å². The van der Waals surface area contributed by atoms with Crippen LogP contribution in [0.25, 0.3) is 0 Å². The first-order valence-corrected chi connectivity index (χ1v) is 6.41. The van der Waals surface area contributed by atoms with Crippen LogP contribution in [-0.4, -0.2) is 29.6 Å². The van der Waals surface area contributed by atoms with Crippen LogP contribution in [0.4, 0.5) is 10.1 Å². The summed E-state index contributed by atoms with van der Waals surface area (Å²) in [7, 11) is 0. The van der Waals surface area contributed by atoms with E-state index in [2.05, 4.69) is 26.6 Å². The summed E-state index contributed by atoms with van der Waals surface area (Å²) in [6.07, 6.45) is -0.226. The van der Waals surface area contributed by atoms with Gasteiger partial charge in [0.2, 0.25) is 0 Å². The van der Waals surface area contributed by atoms with Gasteiger partial charge in [0.25, 0.3) is 0 Å². The summed E-state index contributed by atoms with van der Waals surface area (Å²) in [6, 6.07) is 4.01. The average molecular weight is 333 g/mol. The lowest BCUT2D eigenvalue weighted by Gasteiger charge is -2.08. The van der Waals surface area contributed by atoms with E-state index >= 15 is 0 Å². The highest BCUT2D eigenvalue weighted by atomic mass is 79.9. The zero-order valence-electron chi connectivity index (χ0n) is 10.2. The van der Waals surface area contributed by atoms with E-state index in [0.29, 0.717) is 10.9 Å². The minimum atomic E-state index is -0.956. The van der Waals surface area contributed by atoms with Crippen molar-refractivity contribution in [2.45, 2.75) is 19.4 Å². The minimum absolute atomic E-state index is 0.0787. The van der Waals surface area contributed by atoms with E-state index in [-0.39, 0.29) is 12.2 Å². The van der Waals surface area contributed by atoms with Gasteiger partial charge in [0.1, 0.15) is 5.82 Å². The Kier molecular flexibility index (Phi) is 5.91. The number of hydrogen-bond acceptors (Lipinski definition) is 3. The third-order valence-corrected chi connectivity index (χ3v) is 2.72. The molecule has 1 aromatic carbocycles.